The number of anilines is 1. The number of rotatable bonds is 6. The van der Waals surface area contributed by atoms with Crippen LogP contribution in [0.25, 0.3) is 0 Å². The number of carbonyl (C=O) groups excluding carboxylic acids is 1. The van der Waals surface area contributed by atoms with Crippen molar-refractivity contribution >= 4 is 37.5 Å². The van der Waals surface area contributed by atoms with E-state index in [9.17, 15) is 13.2 Å². The van der Waals surface area contributed by atoms with E-state index in [2.05, 4.69) is 26.0 Å². The molecule has 2 aromatic carbocycles. The van der Waals surface area contributed by atoms with Crippen LogP contribution in [0.15, 0.2) is 57.9 Å². The Morgan fingerprint density at radius 3 is 2.21 bits per heavy atom. The fourth-order valence-electron chi connectivity index (χ4n) is 1.89. The molecule has 2 aromatic rings. The summed E-state index contributed by atoms with van der Waals surface area (Å²) in [5.41, 5.74) is 0.551. The average Bonchev–Trinajstić information content (AvgIpc) is 2.55. The van der Waals surface area contributed by atoms with Gasteiger partial charge in [-0.05, 0) is 55.5 Å². The molecule has 0 aliphatic carbocycles. The van der Waals surface area contributed by atoms with Crippen molar-refractivity contribution in [1.82, 2.24) is 4.72 Å². The first-order valence-electron chi connectivity index (χ1n) is 7.04. The van der Waals surface area contributed by atoms with Crippen molar-refractivity contribution in [1.29, 1.82) is 0 Å². The standard InChI is InChI=1S/C16H17BrN2O4S/c1-11(16(20)18-13-5-7-14(23-2)8-6-13)19-24(21,22)15-9-3-12(17)4-10-15/h3-11,19H,1-2H3,(H,18,20)/t11-/m0/s1. The lowest BCUT2D eigenvalue weighted by atomic mass is 10.2. The summed E-state index contributed by atoms with van der Waals surface area (Å²) in [6.45, 7) is 1.48. The second-order valence-corrected chi connectivity index (χ2v) is 7.64. The maximum absolute atomic E-state index is 12.3. The Hall–Kier alpha value is -1.90. The Bertz CT molecular complexity index is 805. The summed E-state index contributed by atoms with van der Waals surface area (Å²) in [5, 5.41) is 2.65. The molecule has 0 heterocycles. The maximum Gasteiger partial charge on any atom is 0.242 e. The monoisotopic (exact) mass is 412 g/mol. The molecule has 0 bridgehead atoms. The SMILES string of the molecule is COc1ccc(NC(=O)[C@H](C)NS(=O)(=O)c2ccc(Br)cc2)cc1. The predicted octanol–water partition coefficient (Wildman–Crippen LogP) is 2.76. The van der Waals surface area contributed by atoms with Gasteiger partial charge in [-0.15, -0.1) is 0 Å². The lowest BCUT2D eigenvalue weighted by Gasteiger charge is -2.14. The van der Waals surface area contributed by atoms with Crippen LogP contribution in [0.3, 0.4) is 0 Å². The highest BCUT2D eigenvalue weighted by Crippen LogP contribution is 2.16. The number of ether oxygens (including phenoxy) is 1. The van der Waals surface area contributed by atoms with Crippen LogP contribution in [0.5, 0.6) is 5.75 Å². The van der Waals surface area contributed by atoms with Crippen molar-refractivity contribution in [2.45, 2.75) is 17.9 Å². The molecule has 0 spiro atoms. The number of sulfonamides is 1. The zero-order chi connectivity index (χ0) is 17.7. The van der Waals surface area contributed by atoms with Gasteiger partial charge in [0.15, 0.2) is 0 Å². The number of benzene rings is 2. The molecule has 0 aliphatic heterocycles. The van der Waals surface area contributed by atoms with E-state index < -0.39 is 22.0 Å². The van der Waals surface area contributed by atoms with Gasteiger partial charge in [0.1, 0.15) is 5.75 Å². The molecule has 0 saturated heterocycles. The molecule has 128 valence electrons. The third-order valence-corrected chi connectivity index (χ3v) is 5.29. The Balaban J connectivity index is 2.03. The second-order valence-electron chi connectivity index (χ2n) is 5.01. The van der Waals surface area contributed by atoms with Crippen molar-refractivity contribution in [3.63, 3.8) is 0 Å². The molecule has 8 heteroatoms. The van der Waals surface area contributed by atoms with Crippen LogP contribution in [0.4, 0.5) is 5.69 Å². The largest absolute Gasteiger partial charge is 0.497 e. The Labute approximate surface area is 149 Å². The molecule has 0 saturated carbocycles. The molecule has 24 heavy (non-hydrogen) atoms. The summed E-state index contributed by atoms with van der Waals surface area (Å²) in [6, 6.07) is 12.0. The molecule has 2 N–H and O–H groups in total. The van der Waals surface area contributed by atoms with E-state index in [1.165, 1.54) is 19.1 Å². The van der Waals surface area contributed by atoms with Crippen LogP contribution < -0.4 is 14.8 Å². The zero-order valence-corrected chi connectivity index (χ0v) is 15.5. The molecule has 0 radical (unpaired) electrons. The number of methoxy groups -OCH3 is 1. The van der Waals surface area contributed by atoms with Crippen LogP contribution in [0, 0.1) is 0 Å². The van der Waals surface area contributed by atoms with Crippen LogP contribution in [0.1, 0.15) is 6.92 Å². The quantitative estimate of drug-likeness (QED) is 0.763. The minimum absolute atomic E-state index is 0.0924. The number of halogens is 1. The third-order valence-electron chi connectivity index (χ3n) is 3.21. The minimum Gasteiger partial charge on any atom is -0.497 e. The van der Waals surface area contributed by atoms with Crippen molar-refractivity contribution in [2.24, 2.45) is 0 Å². The highest BCUT2D eigenvalue weighted by atomic mass is 79.9. The Kier molecular flexibility index (Phi) is 5.98. The predicted molar refractivity (Wildman–Crippen MR) is 95.5 cm³/mol. The summed E-state index contributed by atoms with van der Waals surface area (Å²) in [7, 11) is -2.23. The molecule has 6 nitrogen and oxygen atoms in total. The smallest absolute Gasteiger partial charge is 0.242 e. The van der Waals surface area contributed by atoms with E-state index in [0.29, 0.717) is 11.4 Å². The zero-order valence-electron chi connectivity index (χ0n) is 13.1. The summed E-state index contributed by atoms with van der Waals surface area (Å²) >= 11 is 3.25. The summed E-state index contributed by atoms with van der Waals surface area (Å²) in [5.74, 6) is 0.206. The van der Waals surface area contributed by atoms with Gasteiger partial charge in [-0.1, -0.05) is 15.9 Å². The second kappa shape index (κ2) is 7.78. The normalized spacial score (nSPS) is 12.5. The first kappa shape index (κ1) is 18.4. The first-order chi connectivity index (χ1) is 11.3. The molecule has 0 aromatic heterocycles. The summed E-state index contributed by atoms with van der Waals surface area (Å²) in [4.78, 5) is 12.2. The molecule has 0 unspecified atom stereocenters. The highest BCUT2D eigenvalue weighted by Gasteiger charge is 2.22. The summed E-state index contributed by atoms with van der Waals surface area (Å²) in [6.07, 6.45) is 0. The average molecular weight is 413 g/mol. The number of carbonyl (C=O) groups is 1. The fraction of sp³-hybridized carbons (Fsp3) is 0.188. The van der Waals surface area contributed by atoms with Crippen LogP contribution in [0.2, 0.25) is 0 Å². The maximum atomic E-state index is 12.3. The number of nitrogens with one attached hydrogen (secondary N) is 2. The van der Waals surface area contributed by atoms with Gasteiger partial charge in [-0.3, -0.25) is 4.79 Å². The molecule has 0 aliphatic rings. The van der Waals surface area contributed by atoms with E-state index in [1.807, 2.05) is 0 Å². The Morgan fingerprint density at radius 2 is 1.67 bits per heavy atom. The topological polar surface area (TPSA) is 84.5 Å². The van der Waals surface area contributed by atoms with E-state index in [-0.39, 0.29) is 4.90 Å². The fourth-order valence-corrected chi connectivity index (χ4v) is 3.36. The van der Waals surface area contributed by atoms with Gasteiger partial charge in [-0.25, -0.2) is 8.42 Å². The molecule has 2 rings (SSSR count). The van der Waals surface area contributed by atoms with E-state index in [4.69, 9.17) is 4.74 Å². The van der Waals surface area contributed by atoms with Gasteiger partial charge < -0.3 is 10.1 Å². The molecule has 1 atom stereocenters. The first-order valence-corrected chi connectivity index (χ1v) is 9.32. The van der Waals surface area contributed by atoms with Crippen LogP contribution in [-0.2, 0) is 14.8 Å². The van der Waals surface area contributed by atoms with Gasteiger partial charge >= 0.3 is 0 Å². The number of amides is 1. The van der Waals surface area contributed by atoms with Crippen LogP contribution >= 0.6 is 15.9 Å². The third kappa shape index (κ3) is 4.80. The lowest BCUT2D eigenvalue weighted by molar-refractivity contribution is -0.117. The molecular weight excluding hydrogens is 396 g/mol. The van der Waals surface area contributed by atoms with Crippen molar-refractivity contribution in [3.05, 3.63) is 53.0 Å². The van der Waals surface area contributed by atoms with Crippen molar-refractivity contribution in [3.8, 4) is 5.75 Å². The Morgan fingerprint density at radius 1 is 1.08 bits per heavy atom. The van der Waals surface area contributed by atoms with E-state index >= 15 is 0 Å². The number of hydrogen-bond donors (Lipinski definition) is 2. The van der Waals surface area contributed by atoms with E-state index in [0.717, 1.165) is 4.47 Å². The minimum atomic E-state index is -3.78. The van der Waals surface area contributed by atoms with E-state index in [1.54, 1.807) is 43.5 Å². The van der Waals surface area contributed by atoms with Crippen molar-refractivity contribution < 1.29 is 17.9 Å². The molecule has 1 amide bonds. The molecular formula is C16H17BrN2O4S. The van der Waals surface area contributed by atoms with Gasteiger partial charge in [0.25, 0.3) is 0 Å². The van der Waals surface area contributed by atoms with Gasteiger partial charge in [-0.2, -0.15) is 4.72 Å². The van der Waals surface area contributed by atoms with Gasteiger partial charge in [0.05, 0.1) is 18.0 Å². The van der Waals surface area contributed by atoms with Gasteiger partial charge in [0.2, 0.25) is 15.9 Å². The summed E-state index contributed by atoms with van der Waals surface area (Å²) < 4.78 is 32.7. The van der Waals surface area contributed by atoms with Crippen LogP contribution in [-0.4, -0.2) is 27.5 Å². The molecule has 0 fully saturated rings. The lowest BCUT2D eigenvalue weighted by Crippen LogP contribution is -2.41. The van der Waals surface area contributed by atoms with Gasteiger partial charge in [0, 0.05) is 10.2 Å². The number of hydrogen-bond acceptors (Lipinski definition) is 4. The van der Waals surface area contributed by atoms with Crippen molar-refractivity contribution in [2.75, 3.05) is 12.4 Å². The highest BCUT2D eigenvalue weighted by molar-refractivity contribution is 9.10.